The summed E-state index contributed by atoms with van der Waals surface area (Å²) >= 11 is 0. The molecule has 1 aromatic heterocycles. The highest BCUT2D eigenvalue weighted by Gasteiger charge is 2.43. The van der Waals surface area contributed by atoms with Crippen LogP contribution in [0, 0.1) is 11.2 Å². The Kier molecular flexibility index (Phi) is 5.01. The number of halogens is 1. The van der Waals surface area contributed by atoms with E-state index in [0.717, 1.165) is 0 Å². The molecule has 9 heteroatoms. The van der Waals surface area contributed by atoms with Gasteiger partial charge in [-0.05, 0) is 29.0 Å². The number of carbonyl (C=O) groups is 1. The largest absolute Gasteiger partial charge is 0.472 e. The van der Waals surface area contributed by atoms with Crippen molar-refractivity contribution in [3.8, 4) is 5.88 Å². The molecule has 0 radical (unpaired) electrons. The van der Waals surface area contributed by atoms with Crippen LogP contribution in [0.15, 0.2) is 29.4 Å². The molecule has 8 nitrogen and oxygen atoms in total. The van der Waals surface area contributed by atoms with Gasteiger partial charge in [0, 0.05) is 17.8 Å². The Hall–Kier alpha value is -3.10. The van der Waals surface area contributed by atoms with Gasteiger partial charge in [0.1, 0.15) is 17.6 Å². The van der Waals surface area contributed by atoms with Gasteiger partial charge in [0.05, 0.1) is 6.54 Å². The summed E-state index contributed by atoms with van der Waals surface area (Å²) in [6.07, 6.45) is -0.923. The zero-order valence-electron chi connectivity index (χ0n) is 16.0. The molecule has 0 saturated carbocycles. The van der Waals surface area contributed by atoms with Crippen LogP contribution >= 0.6 is 0 Å². The maximum atomic E-state index is 13.8. The topological polar surface area (TPSA) is 127 Å². The molecule has 2 unspecified atom stereocenters. The Bertz CT molecular complexity index is 941. The minimum atomic E-state index is -0.997. The fraction of sp³-hybridized carbons (Fsp3) is 0.421. The average Bonchev–Trinajstić information content (AvgIpc) is 3.06. The second kappa shape index (κ2) is 7.14. The lowest BCUT2D eigenvalue weighted by molar-refractivity contribution is 0.105. The number of rotatable bonds is 3. The Labute approximate surface area is 162 Å². The van der Waals surface area contributed by atoms with E-state index in [4.69, 9.17) is 16.3 Å². The molecule has 2 aromatic rings. The summed E-state index contributed by atoms with van der Waals surface area (Å²) in [6.45, 7) is 6.15. The first-order chi connectivity index (χ1) is 13.1. The molecule has 2 heterocycles. The number of carboxylic acid groups (broad SMARTS) is 1. The first-order valence-electron chi connectivity index (χ1n) is 8.90. The number of aromatic nitrogens is 1. The van der Waals surface area contributed by atoms with Crippen molar-refractivity contribution < 1.29 is 19.0 Å². The molecule has 1 fully saturated rings. The molecule has 0 aliphatic carbocycles. The van der Waals surface area contributed by atoms with Crippen molar-refractivity contribution >= 4 is 22.7 Å². The third-order valence-corrected chi connectivity index (χ3v) is 4.95. The van der Waals surface area contributed by atoms with E-state index in [1.54, 1.807) is 12.1 Å². The molecule has 5 N–H and O–H groups in total. The molecule has 1 aromatic carbocycles. The fourth-order valence-electron chi connectivity index (χ4n) is 3.55. The highest BCUT2D eigenvalue weighted by atomic mass is 19.1. The number of fused-ring (bicyclic) bond motifs is 1. The predicted octanol–water partition coefficient (Wildman–Crippen LogP) is 2.50. The summed E-state index contributed by atoms with van der Waals surface area (Å²) < 4.78 is 19.9. The van der Waals surface area contributed by atoms with Crippen molar-refractivity contribution in [2.45, 2.75) is 39.3 Å². The molecule has 2 atom stereocenters. The van der Waals surface area contributed by atoms with Crippen molar-refractivity contribution in [3.05, 3.63) is 35.8 Å². The van der Waals surface area contributed by atoms with E-state index < -0.39 is 18.0 Å². The van der Waals surface area contributed by atoms with E-state index in [2.05, 4.69) is 10.1 Å². The molecule has 1 aliphatic rings. The highest BCUT2D eigenvalue weighted by Crippen LogP contribution is 2.35. The number of amidine groups is 1. The molecule has 1 saturated heterocycles. The van der Waals surface area contributed by atoms with Gasteiger partial charge in [0.15, 0.2) is 5.84 Å². The van der Waals surface area contributed by atoms with Gasteiger partial charge in [-0.15, -0.1) is 0 Å². The van der Waals surface area contributed by atoms with Gasteiger partial charge in [0.2, 0.25) is 5.88 Å². The molecule has 0 spiro atoms. The van der Waals surface area contributed by atoms with E-state index in [9.17, 15) is 14.3 Å². The van der Waals surface area contributed by atoms with Crippen LogP contribution < -0.4 is 16.3 Å². The molecule has 0 bridgehead atoms. The van der Waals surface area contributed by atoms with Gasteiger partial charge in [0.25, 0.3) is 0 Å². The SMILES string of the molecule is CC(C)(C)C1CC(Oc2nc(C(N)=NN)cc3ccc(F)cc23)CN1C(=O)O. The van der Waals surface area contributed by atoms with Gasteiger partial charge in [-0.2, -0.15) is 5.10 Å². The highest BCUT2D eigenvalue weighted by molar-refractivity contribution is 6.00. The zero-order chi connectivity index (χ0) is 20.6. The number of pyridine rings is 1. The van der Waals surface area contributed by atoms with Crippen LogP contribution in [0.1, 0.15) is 32.9 Å². The Balaban J connectivity index is 1.99. The van der Waals surface area contributed by atoms with E-state index >= 15 is 0 Å². The van der Waals surface area contributed by atoms with E-state index in [0.29, 0.717) is 22.9 Å². The number of amides is 1. The van der Waals surface area contributed by atoms with Crippen molar-refractivity contribution in [1.29, 1.82) is 0 Å². The van der Waals surface area contributed by atoms with Crippen LogP contribution in [0.4, 0.5) is 9.18 Å². The number of hydrazone groups is 1. The fourth-order valence-corrected chi connectivity index (χ4v) is 3.55. The zero-order valence-corrected chi connectivity index (χ0v) is 16.0. The number of likely N-dealkylation sites (tertiary alicyclic amines) is 1. The Morgan fingerprint density at radius 3 is 2.68 bits per heavy atom. The number of ether oxygens (including phenoxy) is 1. The normalized spacial score (nSPS) is 20.6. The van der Waals surface area contributed by atoms with Crippen LogP contribution in [0.3, 0.4) is 0 Å². The average molecular weight is 389 g/mol. The number of nitrogens with two attached hydrogens (primary N) is 2. The maximum absolute atomic E-state index is 13.8. The molecular formula is C19H24FN5O3. The Morgan fingerprint density at radius 2 is 2.11 bits per heavy atom. The molecule has 28 heavy (non-hydrogen) atoms. The lowest BCUT2D eigenvalue weighted by atomic mass is 9.85. The summed E-state index contributed by atoms with van der Waals surface area (Å²) in [7, 11) is 0. The minimum Gasteiger partial charge on any atom is -0.472 e. The van der Waals surface area contributed by atoms with Gasteiger partial charge >= 0.3 is 6.09 Å². The number of nitrogens with zero attached hydrogens (tertiary/aromatic N) is 3. The van der Waals surface area contributed by atoms with E-state index in [-0.39, 0.29) is 29.7 Å². The smallest absolute Gasteiger partial charge is 0.407 e. The summed E-state index contributed by atoms with van der Waals surface area (Å²) in [4.78, 5) is 17.4. The van der Waals surface area contributed by atoms with Crippen LogP contribution in [0.5, 0.6) is 5.88 Å². The van der Waals surface area contributed by atoms with E-state index in [1.807, 2.05) is 20.8 Å². The van der Waals surface area contributed by atoms with Crippen molar-refractivity contribution in [1.82, 2.24) is 9.88 Å². The molecular weight excluding hydrogens is 365 g/mol. The molecule has 1 amide bonds. The maximum Gasteiger partial charge on any atom is 0.407 e. The second-order valence-electron chi connectivity index (χ2n) is 7.98. The molecule has 1 aliphatic heterocycles. The standard InChI is InChI=1S/C19H24FN5O3/c1-19(2,3)15-8-12(9-25(15)18(26)27)28-17-13-7-11(20)5-4-10(13)6-14(23-17)16(21)24-22/h4-7,12,15H,8-9,22H2,1-3H3,(H2,21,24)(H,26,27). The van der Waals surface area contributed by atoms with Gasteiger partial charge in [-0.1, -0.05) is 26.8 Å². The third kappa shape index (κ3) is 3.78. The lowest BCUT2D eigenvalue weighted by Crippen LogP contribution is -2.42. The second-order valence-corrected chi connectivity index (χ2v) is 7.98. The van der Waals surface area contributed by atoms with Crippen LogP contribution in [0.25, 0.3) is 10.8 Å². The van der Waals surface area contributed by atoms with Crippen LogP contribution in [-0.4, -0.2) is 45.6 Å². The van der Waals surface area contributed by atoms with Gasteiger partial charge in [-0.3, -0.25) is 0 Å². The minimum absolute atomic E-state index is 0.0160. The predicted molar refractivity (Wildman–Crippen MR) is 104 cm³/mol. The van der Waals surface area contributed by atoms with Crippen LogP contribution in [0.2, 0.25) is 0 Å². The monoisotopic (exact) mass is 389 g/mol. The van der Waals surface area contributed by atoms with E-state index in [1.165, 1.54) is 17.0 Å². The molecule has 150 valence electrons. The number of hydrogen-bond acceptors (Lipinski definition) is 5. The van der Waals surface area contributed by atoms with Gasteiger partial charge < -0.3 is 26.3 Å². The van der Waals surface area contributed by atoms with Crippen LogP contribution in [-0.2, 0) is 0 Å². The summed E-state index contributed by atoms with van der Waals surface area (Å²) in [5, 5.41) is 14.1. The summed E-state index contributed by atoms with van der Waals surface area (Å²) in [6, 6.07) is 5.66. The van der Waals surface area contributed by atoms with Crippen molar-refractivity contribution in [3.63, 3.8) is 0 Å². The van der Waals surface area contributed by atoms with Crippen molar-refractivity contribution in [2.75, 3.05) is 6.54 Å². The Morgan fingerprint density at radius 1 is 1.39 bits per heavy atom. The quantitative estimate of drug-likeness (QED) is 0.320. The number of hydrogen-bond donors (Lipinski definition) is 3. The summed E-state index contributed by atoms with van der Waals surface area (Å²) in [5.74, 6) is 5.01. The molecule has 3 rings (SSSR count). The van der Waals surface area contributed by atoms with Crippen molar-refractivity contribution in [2.24, 2.45) is 22.1 Å². The first-order valence-corrected chi connectivity index (χ1v) is 8.90. The first kappa shape index (κ1) is 19.7. The third-order valence-electron chi connectivity index (χ3n) is 4.95. The lowest BCUT2D eigenvalue weighted by Gasteiger charge is -2.32. The summed E-state index contributed by atoms with van der Waals surface area (Å²) in [5.41, 5.74) is 5.83. The number of benzene rings is 1. The van der Waals surface area contributed by atoms with Gasteiger partial charge in [-0.25, -0.2) is 14.2 Å².